The largest absolute Gasteiger partial charge is 0.393 e. The maximum Gasteiger partial charge on any atom is 0.159 e. The van der Waals surface area contributed by atoms with Gasteiger partial charge in [-0.1, -0.05) is 53.0 Å². The van der Waals surface area contributed by atoms with Crippen LogP contribution in [0.4, 0.5) is 0 Å². The van der Waals surface area contributed by atoms with E-state index in [-0.39, 0.29) is 17.4 Å². The van der Waals surface area contributed by atoms with Gasteiger partial charge in [0.2, 0.25) is 0 Å². The predicted molar refractivity (Wildman–Crippen MR) is 126 cm³/mol. The number of rotatable bonds is 5. The number of ketones is 1. The van der Waals surface area contributed by atoms with Gasteiger partial charge in [-0.15, -0.1) is 0 Å². The molecule has 31 heavy (non-hydrogen) atoms. The predicted octanol–water partition coefficient (Wildman–Crippen LogP) is 6.81. The Balaban J connectivity index is 1.32. The van der Waals surface area contributed by atoms with Crippen LogP contribution >= 0.6 is 0 Å². The van der Waals surface area contributed by atoms with Gasteiger partial charge in [0.05, 0.1) is 6.10 Å². The van der Waals surface area contributed by atoms with Gasteiger partial charge in [-0.25, -0.2) is 0 Å². The van der Waals surface area contributed by atoms with Crippen LogP contribution in [-0.4, -0.2) is 17.0 Å². The number of aliphatic hydroxyl groups excluding tert-OH is 1. The Labute approximate surface area is 190 Å². The van der Waals surface area contributed by atoms with E-state index in [2.05, 4.69) is 34.6 Å². The van der Waals surface area contributed by atoms with Crippen molar-refractivity contribution in [3.05, 3.63) is 11.6 Å². The molecule has 1 N–H and O–H groups in total. The lowest BCUT2D eigenvalue weighted by Crippen LogP contribution is -2.53. The summed E-state index contributed by atoms with van der Waals surface area (Å²) >= 11 is 0. The third-order valence-corrected chi connectivity index (χ3v) is 11.7. The lowest BCUT2D eigenvalue weighted by atomic mass is 9.46. The molecule has 5 aliphatic carbocycles. The van der Waals surface area contributed by atoms with Crippen molar-refractivity contribution >= 4 is 5.78 Å². The molecule has 5 rings (SSSR count). The molecule has 0 aliphatic heterocycles. The van der Waals surface area contributed by atoms with Gasteiger partial charge in [0.15, 0.2) is 5.78 Å². The molecule has 0 aromatic carbocycles. The van der Waals surface area contributed by atoms with Crippen molar-refractivity contribution in [2.24, 2.45) is 58.2 Å². The Bertz CT molecular complexity index is 754. The molecule has 0 bridgehead atoms. The molecule has 0 unspecified atom stereocenters. The molecule has 4 fully saturated rings. The van der Waals surface area contributed by atoms with Gasteiger partial charge in [0.1, 0.15) is 0 Å². The van der Waals surface area contributed by atoms with Crippen LogP contribution in [0.15, 0.2) is 11.6 Å². The van der Waals surface area contributed by atoms with Gasteiger partial charge >= 0.3 is 0 Å². The molecule has 0 spiro atoms. The summed E-state index contributed by atoms with van der Waals surface area (Å²) in [6, 6.07) is 0. The number of hydrogen-bond acceptors (Lipinski definition) is 2. The second-order valence-electron chi connectivity index (χ2n) is 13.3. The van der Waals surface area contributed by atoms with Crippen LogP contribution < -0.4 is 0 Å². The van der Waals surface area contributed by atoms with Gasteiger partial charge in [-0.05, 0) is 110 Å². The molecular formula is C29H46O2. The zero-order valence-corrected chi connectivity index (χ0v) is 20.7. The highest BCUT2D eigenvalue weighted by Gasteiger charge is 2.61. The highest BCUT2D eigenvalue weighted by atomic mass is 16.3. The fraction of sp³-hybridized carbons (Fsp3) is 0.897. The first kappa shape index (κ1) is 22.2. The number of carbonyl (C=O) groups excluding carboxylic acids is 1. The summed E-state index contributed by atoms with van der Waals surface area (Å²) < 4.78 is 0. The van der Waals surface area contributed by atoms with E-state index >= 15 is 0 Å². The number of allylic oxidation sites excluding steroid dienone is 1. The molecule has 0 radical (unpaired) electrons. The van der Waals surface area contributed by atoms with Crippen molar-refractivity contribution in [1.29, 1.82) is 0 Å². The van der Waals surface area contributed by atoms with E-state index in [4.69, 9.17) is 0 Å². The van der Waals surface area contributed by atoms with Crippen LogP contribution in [0.1, 0.15) is 98.8 Å². The summed E-state index contributed by atoms with van der Waals surface area (Å²) in [5, 5.41) is 10.2. The van der Waals surface area contributed by atoms with Gasteiger partial charge in [0.25, 0.3) is 0 Å². The number of aliphatic hydroxyl groups is 1. The third kappa shape index (κ3) is 3.49. The molecule has 174 valence electrons. The van der Waals surface area contributed by atoms with Crippen molar-refractivity contribution in [2.75, 3.05) is 0 Å². The quantitative estimate of drug-likeness (QED) is 0.524. The zero-order valence-electron chi connectivity index (χ0n) is 20.7. The second-order valence-corrected chi connectivity index (χ2v) is 13.3. The number of carbonyl (C=O) groups is 1. The molecule has 2 nitrogen and oxygen atoms in total. The average molecular weight is 427 g/mol. The normalized spacial score (nSPS) is 50.7. The third-order valence-electron chi connectivity index (χ3n) is 11.7. The first-order valence-corrected chi connectivity index (χ1v) is 13.6. The molecule has 0 amide bonds. The maximum atomic E-state index is 13.5. The first-order chi connectivity index (χ1) is 14.6. The highest BCUT2D eigenvalue weighted by molar-refractivity contribution is 5.94. The summed E-state index contributed by atoms with van der Waals surface area (Å²) in [4.78, 5) is 13.5. The van der Waals surface area contributed by atoms with Crippen LogP contribution in [0.3, 0.4) is 0 Å². The molecule has 0 heterocycles. The van der Waals surface area contributed by atoms with Crippen LogP contribution in [0.5, 0.6) is 0 Å². The maximum absolute atomic E-state index is 13.5. The van der Waals surface area contributed by atoms with E-state index in [1.165, 1.54) is 50.5 Å². The Morgan fingerprint density at radius 3 is 2.45 bits per heavy atom. The minimum atomic E-state index is -0.240. The fourth-order valence-electron chi connectivity index (χ4n) is 9.44. The molecular weight excluding hydrogens is 380 g/mol. The Morgan fingerprint density at radius 2 is 1.74 bits per heavy atom. The Kier molecular flexibility index (Phi) is 5.52. The summed E-state index contributed by atoms with van der Waals surface area (Å²) in [5.41, 5.74) is 1.77. The standard InChI is InChI=1S/C29H46O2/c1-17(22-14-19(22)3)6-7-18(2)23-8-9-24-27-25(11-13-29(23,24)5)28(4)12-10-21(30)15-20(28)16-26(27)31/h16-19,21-25,27,30H,6-15H2,1-5H3/t17-,18-,19-,21+,22-,23-,24+,25+,27+,28+,29-/m1/s1. The summed E-state index contributed by atoms with van der Waals surface area (Å²) in [6.07, 6.45) is 13.8. The van der Waals surface area contributed by atoms with Gasteiger partial charge < -0.3 is 5.11 Å². The molecule has 0 saturated heterocycles. The molecule has 5 aliphatic rings. The molecule has 2 heteroatoms. The smallest absolute Gasteiger partial charge is 0.159 e. The minimum absolute atomic E-state index is 0.152. The zero-order chi connectivity index (χ0) is 22.1. The van der Waals surface area contributed by atoms with Crippen molar-refractivity contribution in [3.63, 3.8) is 0 Å². The van der Waals surface area contributed by atoms with Gasteiger partial charge in [-0.2, -0.15) is 0 Å². The van der Waals surface area contributed by atoms with E-state index in [1.807, 2.05) is 6.08 Å². The first-order valence-electron chi connectivity index (χ1n) is 13.6. The molecule has 0 aromatic heterocycles. The topological polar surface area (TPSA) is 37.3 Å². The number of hydrogen-bond donors (Lipinski definition) is 1. The minimum Gasteiger partial charge on any atom is -0.393 e. The van der Waals surface area contributed by atoms with E-state index in [1.54, 1.807) is 0 Å². The van der Waals surface area contributed by atoms with E-state index in [0.717, 1.165) is 48.9 Å². The van der Waals surface area contributed by atoms with E-state index in [0.29, 0.717) is 23.0 Å². The van der Waals surface area contributed by atoms with Crippen molar-refractivity contribution < 1.29 is 9.90 Å². The SMILES string of the molecule is C[C@H](CC[C@@H](C)[C@H]1CC[C@H]2[C@@H]3C(=O)C=C4C[C@@H](O)CC[C@]4(C)[C@H]3CC[C@]12C)[C@H]1C[C@H]1C. The van der Waals surface area contributed by atoms with Crippen molar-refractivity contribution in [3.8, 4) is 0 Å². The van der Waals surface area contributed by atoms with Crippen LogP contribution in [0.2, 0.25) is 0 Å². The van der Waals surface area contributed by atoms with Crippen molar-refractivity contribution in [2.45, 2.75) is 105 Å². The lowest BCUT2D eigenvalue weighted by molar-refractivity contribution is -0.135. The van der Waals surface area contributed by atoms with Crippen LogP contribution in [0.25, 0.3) is 0 Å². The van der Waals surface area contributed by atoms with E-state index < -0.39 is 0 Å². The Hall–Kier alpha value is -0.630. The summed E-state index contributed by atoms with van der Waals surface area (Å²) in [6.45, 7) is 12.4. The van der Waals surface area contributed by atoms with Gasteiger partial charge in [-0.3, -0.25) is 4.79 Å². The van der Waals surface area contributed by atoms with E-state index in [9.17, 15) is 9.90 Å². The van der Waals surface area contributed by atoms with Crippen LogP contribution in [0, 0.1) is 58.2 Å². The number of fused-ring (bicyclic) bond motifs is 5. The highest BCUT2D eigenvalue weighted by Crippen LogP contribution is 2.66. The average Bonchev–Trinajstić information content (AvgIpc) is 3.35. The van der Waals surface area contributed by atoms with Crippen LogP contribution in [-0.2, 0) is 4.79 Å². The fourth-order valence-corrected chi connectivity index (χ4v) is 9.44. The second kappa shape index (κ2) is 7.71. The van der Waals surface area contributed by atoms with Gasteiger partial charge in [0, 0.05) is 5.92 Å². The van der Waals surface area contributed by atoms with Crippen molar-refractivity contribution in [1.82, 2.24) is 0 Å². The molecule has 4 saturated carbocycles. The molecule has 11 atom stereocenters. The monoisotopic (exact) mass is 426 g/mol. The molecule has 0 aromatic rings. The lowest BCUT2D eigenvalue weighted by Gasteiger charge is -2.57. The summed E-state index contributed by atoms with van der Waals surface area (Å²) in [7, 11) is 0. The summed E-state index contributed by atoms with van der Waals surface area (Å²) in [5.74, 6) is 6.16. The Morgan fingerprint density at radius 1 is 1.03 bits per heavy atom.